The maximum absolute atomic E-state index is 5.50. The van der Waals surface area contributed by atoms with Crippen LogP contribution in [-0.4, -0.2) is 23.8 Å². The minimum Gasteiger partial charge on any atom is -0.373 e. The zero-order valence-corrected chi connectivity index (χ0v) is 11.7. The number of ether oxygens (including phenoxy) is 1. The van der Waals surface area contributed by atoms with Gasteiger partial charge in [-0.25, -0.2) is 0 Å². The summed E-state index contributed by atoms with van der Waals surface area (Å²) < 4.78 is 10.9. The monoisotopic (exact) mass is 253 g/mol. The molecule has 1 saturated heterocycles. The number of nitrogens with zero attached hydrogens (tertiary/aromatic N) is 2. The Morgan fingerprint density at radius 3 is 2.72 bits per heavy atom. The van der Waals surface area contributed by atoms with E-state index >= 15 is 0 Å². The molecule has 2 atom stereocenters. The molecule has 5 nitrogen and oxygen atoms in total. The molecule has 2 rings (SSSR count). The fourth-order valence-electron chi connectivity index (χ4n) is 2.40. The van der Waals surface area contributed by atoms with Crippen molar-refractivity contribution in [2.45, 2.75) is 52.2 Å². The second kappa shape index (κ2) is 5.36. The first-order valence-corrected chi connectivity index (χ1v) is 6.62. The van der Waals surface area contributed by atoms with Gasteiger partial charge in [-0.1, -0.05) is 32.3 Å². The van der Waals surface area contributed by atoms with Gasteiger partial charge in [-0.2, -0.15) is 4.98 Å². The van der Waals surface area contributed by atoms with E-state index in [0.29, 0.717) is 11.7 Å². The topological polar surface area (TPSA) is 60.2 Å². The molecule has 0 amide bonds. The van der Waals surface area contributed by atoms with Gasteiger partial charge in [0.25, 0.3) is 0 Å². The van der Waals surface area contributed by atoms with Gasteiger partial charge in [0.1, 0.15) is 6.10 Å². The Kier molecular flexibility index (Phi) is 4.02. The number of rotatable bonds is 3. The summed E-state index contributed by atoms with van der Waals surface area (Å²) in [5.74, 6) is 1.34. The van der Waals surface area contributed by atoms with Crippen LogP contribution in [0.15, 0.2) is 4.52 Å². The Morgan fingerprint density at radius 1 is 1.39 bits per heavy atom. The molecule has 2 heterocycles. The van der Waals surface area contributed by atoms with Crippen LogP contribution in [0.3, 0.4) is 0 Å². The molecule has 1 aliphatic rings. The lowest BCUT2D eigenvalue weighted by Gasteiger charge is -2.26. The Balaban J connectivity index is 2.13. The van der Waals surface area contributed by atoms with E-state index in [1.165, 1.54) is 12.8 Å². The molecular weight excluding hydrogens is 230 g/mol. The Bertz CT molecular complexity index is 378. The molecule has 5 heteroatoms. The summed E-state index contributed by atoms with van der Waals surface area (Å²) in [5.41, 5.74) is -0.0457. The molecule has 0 aromatic carbocycles. The summed E-state index contributed by atoms with van der Waals surface area (Å²) in [6.07, 6.45) is 3.36. The van der Waals surface area contributed by atoms with Gasteiger partial charge in [0, 0.05) is 7.11 Å². The smallest absolute Gasteiger partial charge is 0.243 e. The first-order valence-electron chi connectivity index (χ1n) is 6.62. The summed E-state index contributed by atoms with van der Waals surface area (Å²) in [7, 11) is 1.69. The van der Waals surface area contributed by atoms with Gasteiger partial charge in [-0.3, -0.25) is 0 Å². The highest BCUT2D eigenvalue weighted by Crippen LogP contribution is 2.34. The third kappa shape index (κ3) is 2.90. The molecule has 0 aliphatic carbocycles. The lowest BCUT2D eigenvalue weighted by molar-refractivity contribution is 0.00718. The highest BCUT2D eigenvalue weighted by atomic mass is 16.5. The molecule has 1 fully saturated rings. The van der Waals surface area contributed by atoms with Crippen molar-refractivity contribution in [3.8, 4) is 0 Å². The lowest BCUT2D eigenvalue weighted by Crippen LogP contribution is -2.27. The van der Waals surface area contributed by atoms with E-state index in [2.05, 4.69) is 36.2 Å². The number of hydrogen-bond donors (Lipinski definition) is 1. The van der Waals surface area contributed by atoms with Crippen molar-refractivity contribution in [2.24, 2.45) is 5.41 Å². The van der Waals surface area contributed by atoms with E-state index in [1.807, 2.05) is 0 Å². The van der Waals surface area contributed by atoms with Crippen LogP contribution in [0.4, 0.5) is 0 Å². The zero-order chi connectivity index (χ0) is 13.2. The molecular formula is C13H23N3O2. The maximum Gasteiger partial charge on any atom is 0.243 e. The summed E-state index contributed by atoms with van der Waals surface area (Å²) in [5, 5.41) is 7.49. The number of methoxy groups -OCH3 is 1. The van der Waals surface area contributed by atoms with Crippen molar-refractivity contribution < 1.29 is 9.26 Å². The number of piperidine rings is 1. The standard InChI is InChI=1S/C13H23N3O2/c1-13(2,3)10(17-4)11-15-12(18-16-11)9-7-5-6-8-14-9/h9-10,14H,5-8H2,1-4H3/t9-,10?/m0/s1. The van der Waals surface area contributed by atoms with E-state index in [4.69, 9.17) is 9.26 Å². The van der Waals surface area contributed by atoms with Crippen molar-refractivity contribution in [2.75, 3.05) is 13.7 Å². The van der Waals surface area contributed by atoms with Crippen LogP contribution in [0.5, 0.6) is 0 Å². The van der Waals surface area contributed by atoms with Crippen molar-refractivity contribution in [3.63, 3.8) is 0 Å². The summed E-state index contributed by atoms with van der Waals surface area (Å²) in [6.45, 7) is 7.34. The average molecular weight is 253 g/mol. The van der Waals surface area contributed by atoms with Crippen molar-refractivity contribution >= 4 is 0 Å². The molecule has 0 saturated carbocycles. The third-order valence-electron chi connectivity index (χ3n) is 3.32. The summed E-state index contributed by atoms with van der Waals surface area (Å²) in [6, 6.07) is 0.206. The van der Waals surface area contributed by atoms with Gasteiger partial charge < -0.3 is 14.6 Å². The largest absolute Gasteiger partial charge is 0.373 e. The second-order valence-corrected chi connectivity index (χ2v) is 5.98. The molecule has 1 aliphatic heterocycles. The predicted molar refractivity (Wildman–Crippen MR) is 68.1 cm³/mol. The highest BCUT2D eigenvalue weighted by molar-refractivity contribution is 4.99. The molecule has 1 unspecified atom stereocenters. The van der Waals surface area contributed by atoms with Crippen LogP contribution < -0.4 is 5.32 Å². The van der Waals surface area contributed by atoms with Crippen molar-refractivity contribution in [3.05, 3.63) is 11.7 Å². The SMILES string of the molecule is COC(c1noc([C@@H]2CCCCN2)n1)C(C)(C)C. The number of nitrogens with one attached hydrogen (secondary N) is 1. The molecule has 0 bridgehead atoms. The average Bonchev–Trinajstić information content (AvgIpc) is 2.78. The van der Waals surface area contributed by atoms with Gasteiger partial charge in [0.05, 0.1) is 6.04 Å². The van der Waals surface area contributed by atoms with Crippen molar-refractivity contribution in [1.82, 2.24) is 15.5 Å². The van der Waals surface area contributed by atoms with Crippen LogP contribution in [0.1, 0.15) is 63.9 Å². The molecule has 1 aromatic heterocycles. The minimum absolute atomic E-state index is 0.0457. The first kappa shape index (κ1) is 13.5. The van der Waals surface area contributed by atoms with E-state index in [-0.39, 0.29) is 17.6 Å². The van der Waals surface area contributed by atoms with Crippen LogP contribution >= 0.6 is 0 Å². The van der Waals surface area contributed by atoms with Crippen LogP contribution in [0, 0.1) is 5.41 Å². The molecule has 1 aromatic rings. The fraction of sp³-hybridized carbons (Fsp3) is 0.846. The summed E-state index contributed by atoms with van der Waals surface area (Å²) in [4.78, 5) is 4.51. The molecule has 1 N–H and O–H groups in total. The number of hydrogen-bond acceptors (Lipinski definition) is 5. The van der Waals surface area contributed by atoms with E-state index in [1.54, 1.807) is 7.11 Å². The van der Waals surface area contributed by atoms with Crippen LogP contribution in [0.25, 0.3) is 0 Å². The molecule has 102 valence electrons. The maximum atomic E-state index is 5.50. The molecule has 0 radical (unpaired) electrons. The van der Waals surface area contributed by atoms with Gasteiger partial charge in [-0.05, 0) is 24.8 Å². The van der Waals surface area contributed by atoms with Gasteiger partial charge >= 0.3 is 0 Å². The Morgan fingerprint density at radius 2 is 2.17 bits per heavy atom. The first-order chi connectivity index (χ1) is 8.52. The second-order valence-electron chi connectivity index (χ2n) is 5.98. The molecule has 0 spiro atoms. The third-order valence-corrected chi connectivity index (χ3v) is 3.32. The lowest BCUT2D eigenvalue weighted by atomic mass is 9.88. The Hall–Kier alpha value is -0.940. The van der Waals surface area contributed by atoms with E-state index < -0.39 is 0 Å². The Labute approximate surface area is 108 Å². The molecule has 18 heavy (non-hydrogen) atoms. The van der Waals surface area contributed by atoms with Crippen LogP contribution in [-0.2, 0) is 4.74 Å². The van der Waals surface area contributed by atoms with E-state index in [0.717, 1.165) is 13.0 Å². The van der Waals surface area contributed by atoms with Crippen molar-refractivity contribution in [1.29, 1.82) is 0 Å². The van der Waals surface area contributed by atoms with E-state index in [9.17, 15) is 0 Å². The van der Waals surface area contributed by atoms with Crippen LogP contribution in [0.2, 0.25) is 0 Å². The number of aromatic nitrogens is 2. The highest BCUT2D eigenvalue weighted by Gasteiger charge is 2.31. The minimum atomic E-state index is -0.140. The quantitative estimate of drug-likeness (QED) is 0.897. The van der Waals surface area contributed by atoms with Gasteiger partial charge in [0.2, 0.25) is 11.7 Å². The van der Waals surface area contributed by atoms with Gasteiger partial charge in [-0.15, -0.1) is 0 Å². The normalized spacial score (nSPS) is 23.0. The predicted octanol–water partition coefficient (Wildman–Crippen LogP) is 2.62. The van der Waals surface area contributed by atoms with Gasteiger partial charge in [0.15, 0.2) is 0 Å². The fourth-order valence-corrected chi connectivity index (χ4v) is 2.40. The summed E-state index contributed by atoms with van der Waals surface area (Å²) >= 11 is 0. The zero-order valence-electron chi connectivity index (χ0n) is 11.7.